The number of Topliss-reactive ketones (excluding diaryl/α,β-unsaturated/α-hetero) is 1. The number of nitrogens with two attached hydrogens (primary N) is 1. The number of hydrogen-bond acceptors (Lipinski definition) is 5. The van der Waals surface area contributed by atoms with Gasteiger partial charge in [-0.3, -0.25) is 9.78 Å². The van der Waals surface area contributed by atoms with E-state index in [0.717, 1.165) is 0 Å². The van der Waals surface area contributed by atoms with Gasteiger partial charge in [-0.15, -0.1) is 0 Å². The smallest absolute Gasteiger partial charge is 0.177 e. The number of halogens is 1. The first kappa shape index (κ1) is 21.7. The summed E-state index contributed by atoms with van der Waals surface area (Å²) in [4.78, 5) is 15.0. The molecule has 3 nitrogen and oxygen atoms in total. The molecule has 1 unspecified atom stereocenters. The maximum Gasteiger partial charge on any atom is 0.177 e. The predicted molar refractivity (Wildman–Crippen MR) is 84.0 cm³/mol. The van der Waals surface area contributed by atoms with Gasteiger partial charge < -0.3 is 5.73 Å². The first-order chi connectivity index (χ1) is 7.63. The Kier molecular flexibility index (Phi) is 19.8. The lowest BCUT2D eigenvalue weighted by Crippen LogP contribution is -2.09. The van der Waals surface area contributed by atoms with Crippen molar-refractivity contribution in [3.05, 3.63) is 30.1 Å². The summed E-state index contributed by atoms with van der Waals surface area (Å²) in [6.45, 7) is 1.80. The molecule has 0 amide bonds. The van der Waals surface area contributed by atoms with Gasteiger partial charge in [0.25, 0.3) is 0 Å². The highest BCUT2D eigenvalue weighted by atomic mass is 79.9. The van der Waals surface area contributed by atoms with Crippen molar-refractivity contribution in [3.8, 4) is 0 Å². The number of ketones is 1. The molecule has 0 aliphatic carbocycles. The van der Waals surface area contributed by atoms with Crippen LogP contribution < -0.4 is 5.73 Å². The molecule has 0 aliphatic heterocycles. The Bertz CT molecular complexity index is 326. The second kappa shape index (κ2) is 15.5. The van der Waals surface area contributed by atoms with Gasteiger partial charge in [0.05, 0.1) is 4.83 Å². The largest absolute Gasteiger partial charge is 0.333 e. The molecule has 1 aromatic heterocycles. The highest BCUT2D eigenvalue weighted by molar-refractivity contribution is 9.10. The standard InChI is InChI=1S/C8H8BrNO.CH5N.CS2.CH4/c1-6(9)8(11)7-3-2-4-10-5-7;1-2;2-1-3;/h2-6H,1H3;2H2,1H3;;1H4. The highest BCUT2D eigenvalue weighted by Crippen LogP contribution is 2.07. The lowest BCUT2D eigenvalue weighted by atomic mass is 10.1. The van der Waals surface area contributed by atoms with E-state index in [4.69, 9.17) is 0 Å². The van der Waals surface area contributed by atoms with Gasteiger partial charge in [0.15, 0.2) is 5.78 Å². The quantitative estimate of drug-likeness (QED) is 0.510. The molecule has 1 aromatic rings. The summed E-state index contributed by atoms with van der Waals surface area (Å²) in [6, 6.07) is 3.51. The first-order valence-corrected chi connectivity index (χ1v) is 6.02. The van der Waals surface area contributed by atoms with Gasteiger partial charge >= 0.3 is 0 Å². The fourth-order valence-electron chi connectivity index (χ4n) is 0.738. The summed E-state index contributed by atoms with van der Waals surface area (Å²) in [5, 5.41) is 0. The lowest BCUT2D eigenvalue weighted by molar-refractivity contribution is 0.0995. The van der Waals surface area contributed by atoms with Gasteiger partial charge in [0, 0.05) is 22.3 Å². The zero-order valence-electron chi connectivity index (χ0n) is 9.01. The second-order valence-corrected chi connectivity index (χ2v) is 4.35. The van der Waals surface area contributed by atoms with Crippen LogP contribution >= 0.6 is 40.4 Å². The Balaban J connectivity index is -0.000000286. The van der Waals surface area contributed by atoms with E-state index >= 15 is 0 Å². The molecule has 0 radical (unpaired) electrons. The number of aromatic nitrogens is 1. The molecule has 1 atom stereocenters. The topological polar surface area (TPSA) is 56.0 Å². The minimum atomic E-state index is -0.133. The van der Waals surface area contributed by atoms with Crippen molar-refractivity contribution in [2.75, 3.05) is 7.05 Å². The summed E-state index contributed by atoms with van der Waals surface area (Å²) < 4.78 is 1.92. The van der Waals surface area contributed by atoms with Crippen LogP contribution in [0.15, 0.2) is 24.5 Å². The average molecular weight is 337 g/mol. The first-order valence-electron chi connectivity index (χ1n) is 4.28. The molecule has 0 fully saturated rings. The van der Waals surface area contributed by atoms with E-state index in [-0.39, 0.29) is 18.0 Å². The molecular weight excluding hydrogens is 320 g/mol. The van der Waals surface area contributed by atoms with E-state index in [9.17, 15) is 4.79 Å². The van der Waals surface area contributed by atoms with Crippen LogP contribution in [0.5, 0.6) is 0 Å². The molecular formula is C11H17BrN2OS2. The lowest BCUT2D eigenvalue weighted by Gasteiger charge is -1.99. The minimum absolute atomic E-state index is 0. The Morgan fingerprint density at radius 3 is 2.29 bits per heavy atom. The average Bonchev–Trinajstić information content (AvgIpc) is 2.33. The van der Waals surface area contributed by atoms with Gasteiger partial charge in [-0.05, 0) is 50.5 Å². The van der Waals surface area contributed by atoms with Crippen LogP contribution in [0.1, 0.15) is 24.7 Å². The number of pyridine rings is 1. The van der Waals surface area contributed by atoms with Gasteiger partial charge in [0.2, 0.25) is 0 Å². The number of alkyl halides is 1. The molecule has 96 valence electrons. The molecule has 1 heterocycles. The number of rotatable bonds is 2. The van der Waals surface area contributed by atoms with Crippen LogP contribution in [0.25, 0.3) is 0 Å². The Morgan fingerprint density at radius 1 is 1.53 bits per heavy atom. The summed E-state index contributed by atoms with van der Waals surface area (Å²) in [7, 11) is 1.50. The zero-order valence-corrected chi connectivity index (χ0v) is 12.2. The third kappa shape index (κ3) is 11.7. The molecule has 0 bridgehead atoms. The van der Waals surface area contributed by atoms with Crippen molar-refractivity contribution in [1.29, 1.82) is 0 Å². The molecule has 0 saturated carbocycles. The minimum Gasteiger partial charge on any atom is -0.333 e. The second-order valence-electron chi connectivity index (χ2n) is 2.31. The number of carbonyl (C=O) groups is 1. The van der Waals surface area contributed by atoms with Crippen LogP contribution in [-0.2, 0) is 0 Å². The summed E-state index contributed by atoms with van der Waals surface area (Å²) in [5.74, 6) is 0.0677. The monoisotopic (exact) mass is 336 g/mol. The predicted octanol–water partition coefficient (Wildman–Crippen LogP) is 3.28. The van der Waals surface area contributed by atoms with E-state index in [1.807, 2.05) is 4.31 Å². The van der Waals surface area contributed by atoms with E-state index in [1.165, 1.54) is 7.05 Å². The highest BCUT2D eigenvalue weighted by Gasteiger charge is 2.10. The van der Waals surface area contributed by atoms with Crippen molar-refractivity contribution in [2.45, 2.75) is 19.2 Å². The third-order valence-electron chi connectivity index (χ3n) is 1.31. The van der Waals surface area contributed by atoms with Crippen molar-refractivity contribution < 1.29 is 4.79 Å². The van der Waals surface area contributed by atoms with Gasteiger partial charge in [-0.2, -0.15) is 0 Å². The van der Waals surface area contributed by atoms with Crippen LogP contribution in [0.3, 0.4) is 0 Å². The van der Waals surface area contributed by atoms with Crippen molar-refractivity contribution >= 4 is 50.5 Å². The Labute approximate surface area is 122 Å². The summed E-state index contributed by atoms with van der Waals surface area (Å²) in [6.07, 6.45) is 3.22. The van der Waals surface area contributed by atoms with Gasteiger partial charge in [0.1, 0.15) is 0 Å². The van der Waals surface area contributed by atoms with Crippen molar-refractivity contribution in [1.82, 2.24) is 4.98 Å². The van der Waals surface area contributed by atoms with E-state index in [1.54, 1.807) is 31.5 Å². The van der Waals surface area contributed by atoms with Crippen LogP contribution in [0, 0.1) is 0 Å². The van der Waals surface area contributed by atoms with Crippen molar-refractivity contribution in [3.63, 3.8) is 0 Å². The normalized spacial score (nSPS) is 8.94. The van der Waals surface area contributed by atoms with Crippen LogP contribution in [0.4, 0.5) is 0 Å². The molecule has 0 aromatic carbocycles. The summed E-state index contributed by atoms with van der Waals surface area (Å²) >= 11 is 11.1. The SMILES string of the molecule is C.CC(Br)C(=O)c1cccnc1.CN.S=C=S. The fraction of sp³-hybridized carbons (Fsp3) is 0.364. The fourth-order valence-corrected chi connectivity index (χ4v) is 1.00. The van der Waals surface area contributed by atoms with E-state index in [0.29, 0.717) is 5.56 Å². The Hall–Kier alpha value is -0.520. The van der Waals surface area contributed by atoms with E-state index < -0.39 is 0 Å². The number of thiocarbonyl (C=S) groups is 2. The van der Waals surface area contributed by atoms with Crippen molar-refractivity contribution in [2.24, 2.45) is 5.73 Å². The molecule has 0 saturated heterocycles. The van der Waals surface area contributed by atoms with Crippen LogP contribution in [0.2, 0.25) is 0 Å². The number of nitrogens with zero attached hydrogens (tertiary/aromatic N) is 1. The molecule has 1 rings (SSSR count). The maximum absolute atomic E-state index is 11.3. The summed E-state index contributed by atoms with van der Waals surface area (Å²) in [5.41, 5.74) is 5.15. The molecule has 0 aliphatic rings. The third-order valence-corrected chi connectivity index (χ3v) is 1.72. The molecule has 2 N–H and O–H groups in total. The zero-order chi connectivity index (χ0) is 13.0. The number of carbonyl (C=O) groups excluding carboxylic acids is 1. The maximum atomic E-state index is 11.3. The molecule has 6 heteroatoms. The van der Waals surface area contributed by atoms with Gasteiger partial charge in [-0.25, -0.2) is 0 Å². The van der Waals surface area contributed by atoms with E-state index in [2.05, 4.69) is 51.1 Å². The number of hydrogen-bond donors (Lipinski definition) is 1. The van der Waals surface area contributed by atoms with Crippen LogP contribution in [-0.4, -0.2) is 27.0 Å². The molecule has 0 spiro atoms. The Morgan fingerprint density at radius 2 is 2.00 bits per heavy atom. The van der Waals surface area contributed by atoms with Gasteiger partial charge in [-0.1, -0.05) is 23.4 Å². The molecule has 17 heavy (non-hydrogen) atoms.